The van der Waals surface area contributed by atoms with Crippen molar-refractivity contribution in [2.45, 2.75) is 59.6 Å². The Morgan fingerprint density at radius 3 is 2.14 bits per heavy atom. The van der Waals surface area contributed by atoms with Gasteiger partial charge in [-0.05, 0) is 71.4 Å². The van der Waals surface area contributed by atoms with Gasteiger partial charge in [-0.3, -0.25) is 4.79 Å². The molecule has 1 aliphatic carbocycles. The van der Waals surface area contributed by atoms with Gasteiger partial charge >= 0.3 is 6.09 Å². The molecule has 3 rings (SSSR count). The summed E-state index contributed by atoms with van der Waals surface area (Å²) in [7, 11) is 0. The zero-order chi connectivity index (χ0) is 21.6. The standard InChI is InChI=1S/C23H34N2O4/c1-14-9-8-10-15(2)19(14)28-13-23(6,7)24-20(26)18-16-11-25(12-17(16)18)21(27)29-22(3,4)5/h8-10,16-18H,11-13H2,1-7H3,(H,24,26). The number of nitrogens with one attached hydrogen (secondary N) is 1. The van der Waals surface area contributed by atoms with Gasteiger partial charge in [-0.1, -0.05) is 18.2 Å². The Morgan fingerprint density at radius 1 is 1.07 bits per heavy atom. The number of likely N-dealkylation sites (tertiary alicyclic amines) is 1. The molecule has 1 N–H and O–H groups in total. The second-order valence-electron chi connectivity index (χ2n) is 10.1. The quantitative estimate of drug-likeness (QED) is 0.816. The van der Waals surface area contributed by atoms with Gasteiger partial charge in [0.2, 0.25) is 5.91 Å². The first-order valence-corrected chi connectivity index (χ1v) is 10.4. The van der Waals surface area contributed by atoms with Gasteiger partial charge in [0.05, 0.1) is 5.54 Å². The second-order valence-corrected chi connectivity index (χ2v) is 10.1. The molecule has 6 nitrogen and oxygen atoms in total. The summed E-state index contributed by atoms with van der Waals surface area (Å²) in [6.45, 7) is 15.2. The Hall–Kier alpha value is -2.24. The van der Waals surface area contributed by atoms with Gasteiger partial charge in [-0.25, -0.2) is 4.79 Å². The van der Waals surface area contributed by atoms with Crippen molar-refractivity contribution in [3.63, 3.8) is 0 Å². The van der Waals surface area contributed by atoms with Crippen LogP contribution in [0.5, 0.6) is 5.75 Å². The summed E-state index contributed by atoms with van der Waals surface area (Å²) in [5.74, 6) is 1.38. The summed E-state index contributed by atoms with van der Waals surface area (Å²) >= 11 is 0. The molecule has 2 amide bonds. The largest absolute Gasteiger partial charge is 0.491 e. The lowest BCUT2D eigenvalue weighted by molar-refractivity contribution is -0.125. The van der Waals surface area contributed by atoms with Crippen molar-refractivity contribution >= 4 is 12.0 Å². The molecule has 0 bridgehead atoms. The predicted molar refractivity (Wildman–Crippen MR) is 112 cm³/mol. The SMILES string of the molecule is Cc1cccc(C)c1OCC(C)(C)NC(=O)C1C2CN(C(=O)OC(C)(C)C)CC21. The molecular weight excluding hydrogens is 368 g/mol. The van der Waals surface area contributed by atoms with E-state index in [0.29, 0.717) is 19.7 Å². The number of ether oxygens (including phenoxy) is 2. The number of hydrogen-bond acceptors (Lipinski definition) is 4. The van der Waals surface area contributed by atoms with Crippen molar-refractivity contribution in [2.75, 3.05) is 19.7 Å². The monoisotopic (exact) mass is 402 g/mol. The van der Waals surface area contributed by atoms with Crippen molar-refractivity contribution in [3.05, 3.63) is 29.3 Å². The minimum absolute atomic E-state index is 0.0202. The maximum Gasteiger partial charge on any atom is 0.410 e. The maximum absolute atomic E-state index is 12.8. The molecular formula is C23H34N2O4. The van der Waals surface area contributed by atoms with E-state index in [1.54, 1.807) is 4.90 Å². The van der Waals surface area contributed by atoms with E-state index >= 15 is 0 Å². The van der Waals surface area contributed by atoms with Crippen molar-refractivity contribution in [1.82, 2.24) is 10.2 Å². The van der Waals surface area contributed by atoms with Gasteiger partial charge in [-0.15, -0.1) is 0 Å². The third-order valence-corrected chi connectivity index (χ3v) is 5.60. The summed E-state index contributed by atoms with van der Waals surface area (Å²) < 4.78 is 11.5. The number of para-hydroxylation sites is 1. The van der Waals surface area contributed by atoms with Gasteiger partial charge in [-0.2, -0.15) is 0 Å². The minimum atomic E-state index is -0.500. The zero-order valence-corrected chi connectivity index (χ0v) is 18.7. The van der Waals surface area contributed by atoms with Crippen LogP contribution < -0.4 is 10.1 Å². The molecule has 2 atom stereocenters. The molecule has 6 heteroatoms. The summed E-state index contributed by atoms with van der Waals surface area (Å²) in [6, 6.07) is 6.06. The Labute approximate surface area is 173 Å². The average molecular weight is 403 g/mol. The minimum Gasteiger partial charge on any atom is -0.491 e. The van der Waals surface area contributed by atoms with Crippen LogP contribution in [0, 0.1) is 31.6 Å². The first-order chi connectivity index (χ1) is 13.4. The highest BCUT2D eigenvalue weighted by atomic mass is 16.6. The van der Waals surface area contributed by atoms with Crippen LogP contribution in [0.1, 0.15) is 45.7 Å². The number of hydrogen-bond donors (Lipinski definition) is 1. The lowest BCUT2D eigenvalue weighted by Crippen LogP contribution is -2.49. The number of benzene rings is 1. The zero-order valence-electron chi connectivity index (χ0n) is 18.7. The Balaban J connectivity index is 1.49. The van der Waals surface area contributed by atoms with Crippen LogP contribution in [0.4, 0.5) is 4.79 Å². The number of fused-ring (bicyclic) bond motifs is 1. The van der Waals surface area contributed by atoms with Crippen LogP contribution in [0.2, 0.25) is 0 Å². The molecule has 0 spiro atoms. The smallest absolute Gasteiger partial charge is 0.410 e. The molecule has 1 saturated heterocycles. The third kappa shape index (κ3) is 5.03. The molecule has 160 valence electrons. The van der Waals surface area contributed by atoms with Crippen molar-refractivity contribution in [3.8, 4) is 5.75 Å². The lowest BCUT2D eigenvalue weighted by atomic mass is 10.1. The number of piperidine rings is 1. The molecule has 2 unspecified atom stereocenters. The van der Waals surface area contributed by atoms with E-state index in [4.69, 9.17) is 9.47 Å². The first-order valence-electron chi connectivity index (χ1n) is 10.4. The van der Waals surface area contributed by atoms with E-state index in [0.717, 1.165) is 16.9 Å². The fourth-order valence-electron chi connectivity index (χ4n) is 4.12. The molecule has 1 heterocycles. The van der Waals surface area contributed by atoms with Gasteiger partial charge in [0.15, 0.2) is 0 Å². The van der Waals surface area contributed by atoms with Crippen LogP contribution in [0.3, 0.4) is 0 Å². The van der Waals surface area contributed by atoms with Crippen molar-refractivity contribution in [2.24, 2.45) is 17.8 Å². The predicted octanol–water partition coefficient (Wildman–Crippen LogP) is 3.69. The molecule has 1 aliphatic heterocycles. The number of nitrogens with zero attached hydrogens (tertiary/aromatic N) is 1. The first kappa shape index (κ1) is 21.5. The molecule has 1 saturated carbocycles. The van der Waals surface area contributed by atoms with Gasteiger partial charge in [0.25, 0.3) is 0 Å². The second kappa shape index (κ2) is 7.54. The van der Waals surface area contributed by atoms with E-state index in [9.17, 15) is 9.59 Å². The van der Waals surface area contributed by atoms with Crippen LogP contribution in [0.25, 0.3) is 0 Å². The highest BCUT2D eigenvalue weighted by molar-refractivity contribution is 5.84. The topological polar surface area (TPSA) is 67.9 Å². The van der Waals surface area contributed by atoms with Gasteiger partial charge < -0.3 is 19.7 Å². The summed E-state index contributed by atoms with van der Waals surface area (Å²) in [4.78, 5) is 26.7. The highest BCUT2D eigenvalue weighted by Gasteiger charge is 2.61. The van der Waals surface area contributed by atoms with E-state index in [-0.39, 0.29) is 29.8 Å². The Bertz CT molecular complexity index is 764. The molecule has 29 heavy (non-hydrogen) atoms. The van der Waals surface area contributed by atoms with Gasteiger partial charge in [0.1, 0.15) is 18.0 Å². The van der Waals surface area contributed by atoms with Gasteiger partial charge in [0, 0.05) is 19.0 Å². The number of carbonyl (C=O) groups excluding carboxylic acids is 2. The maximum atomic E-state index is 12.8. The average Bonchev–Trinajstić information content (AvgIpc) is 3.07. The number of rotatable bonds is 5. The van der Waals surface area contributed by atoms with Crippen molar-refractivity contribution < 1.29 is 19.1 Å². The molecule has 2 aliphatic rings. The molecule has 1 aromatic carbocycles. The van der Waals surface area contributed by atoms with E-state index in [1.807, 2.05) is 66.7 Å². The third-order valence-electron chi connectivity index (χ3n) is 5.60. The van der Waals surface area contributed by atoms with Crippen LogP contribution in [-0.2, 0) is 9.53 Å². The number of carbonyl (C=O) groups is 2. The van der Waals surface area contributed by atoms with Crippen LogP contribution in [0.15, 0.2) is 18.2 Å². The summed E-state index contributed by atoms with van der Waals surface area (Å²) in [6.07, 6.45) is -0.286. The summed E-state index contributed by atoms with van der Waals surface area (Å²) in [5.41, 5.74) is 1.20. The van der Waals surface area contributed by atoms with E-state index in [2.05, 4.69) is 5.32 Å². The normalized spacial score (nSPS) is 23.4. The number of amides is 2. The fourth-order valence-corrected chi connectivity index (χ4v) is 4.12. The van der Waals surface area contributed by atoms with E-state index < -0.39 is 11.1 Å². The molecule has 0 radical (unpaired) electrons. The highest BCUT2D eigenvalue weighted by Crippen LogP contribution is 2.52. The van der Waals surface area contributed by atoms with Crippen LogP contribution >= 0.6 is 0 Å². The van der Waals surface area contributed by atoms with E-state index in [1.165, 1.54) is 0 Å². The van der Waals surface area contributed by atoms with Crippen LogP contribution in [-0.4, -0.2) is 47.7 Å². The molecule has 2 fully saturated rings. The fraction of sp³-hybridized carbons (Fsp3) is 0.652. The Kier molecular flexibility index (Phi) is 5.58. The lowest BCUT2D eigenvalue weighted by Gasteiger charge is -2.28. The molecule has 1 aromatic rings. The Morgan fingerprint density at radius 2 is 1.62 bits per heavy atom. The summed E-state index contributed by atoms with van der Waals surface area (Å²) in [5, 5.41) is 3.14. The molecule has 0 aromatic heterocycles. The number of aryl methyl sites for hydroxylation is 2. The van der Waals surface area contributed by atoms with Crippen molar-refractivity contribution in [1.29, 1.82) is 0 Å².